The minimum atomic E-state index is -0.820. The molecule has 0 radical (unpaired) electrons. The number of amides is 2. The van der Waals surface area contributed by atoms with E-state index in [4.69, 9.17) is 9.72 Å². The molecular formula is C28H28N4O5S2. The van der Waals surface area contributed by atoms with E-state index in [9.17, 15) is 19.7 Å². The number of likely N-dealkylation sites (N-methyl/N-ethyl adjacent to an activating group) is 2. The molecule has 11 heteroatoms. The number of non-ortho nitro benzene ring substituents is 1. The van der Waals surface area contributed by atoms with Gasteiger partial charge in [-0.3, -0.25) is 19.8 Å². The molecule has 0 bridgehead atoms. The summed E-state index contributed by atoms with van der Waals surface area (Å²) in [5, 5.41) is 15.9. The van der Waals surface area contributed by atoms with E-state index in [1.54, 1.807) is 42.5 Å². The fourth-order valence-corrected chi connectivity index (χ4v) is 5.94. The maximum Gasteiger partial charge on any atom is 0.409 e. The number of benzene rings is 2. The quantitative estimate of drug-likeness (QED) is 0.177. The summed E-state index contributed by atoms with van der Waals surface area (Å²) in [6, 6.07) is 18.4. The van der Waals surface area contributed by atoms with Crippen molar-refractivity contribution in [2.75, 3.05) is 21.2 Å². The van der Waals surface area contributed by atoms with E-state index in [0.29, 0.717) is 18.5 Å². The first-order chi connectivity index (χ1) is 18.8. The second-order valence-corrected chi connectivity index (χ2v) is 10.7. The van der Waals surface area contributed by atoms with Crippen LogP contribution in [-0.4, -0.2) is 59.0 Å². The van der Waals surface area contributed by atoms with Gasteiger partial charge >= 0.3 is 6.09 Å². The number of carbonyl (C=O) groups is 2. The predicted octanol–water partition coefficient (Wildman–Crippen LogP) is 5.83. The maximum absolute atomic E-state index is 14.1. The fourth-order valence-electron chi connectivity index (χ4n) is 4.26. The summed E-state index contributed by atoms with van der Waals surface area (Å²) >= 11 is 3.08. The van der Waals surface area contributed by atoms with Gasteiger partial charge in [-0.15, -0.1) is 22.7 Å². The molecule has 202 valence electrons. The van der Waals surface area contributed by atoms with E-state index >= 15 is 0 Å². The number of rotatable bonds is 10. The lowest BCUT2D eigenvalue weighted by molar-refractivity contribution is -0.384. The Bertz CT molecular complexity index is 1410. The highest BCUT2D eigenvalue weighted by molar-refractivity contribution is 7.20. The number of nitrogens with zero attached hydrogens (tertiary/aromatic N) is 4. The van der Waals surface area contributed by atoms with E-state index in [1.807, 2.05) is 53.2 Å². The molecule has 39 heavy (non-hydrogen) atoms. The Morgan fingerprint density at radius 2 is 1.64 bits per heavy atom. The van der Waals surface area contributed by atoms with Crippen molar-refractivity contribution in [2.45, 2.75) is 24.9 Å². The molecule has 0 saturated heterocycles. The third kappa shape index (κ3) is 6.68. The number of hydrogen-bond donors (Lipinski definition) is 0. The van der Waals surface area contributed by atoms with Crippen molar-refractivity contribution in [3.05, 3.63) is 104 Å². The van der Waals surface area contributed by atoms with Crippen molar-refractivity contribution in [3.8, 4) is 9.88 Å². The van der Waals surface area contributed by atoms with Crippen LogP contribution in [0.4, 0.5) is 10.5 Å². The number of hydrogen-bond acceptors (Lipinski definition) is 8. The van der Waals surface area contributed by atoms with Gasteiger partial charge in [0.05, 0.1) is 28.6 Å². The molecular weight excluding hydrogens is 536 g/mol. The zero-order chi connectivity index (χ0) is 27.9. The van der Waals surface area contributed by atoms with E-state index < -0.39 is 23.1 Å². The van der Waals surface area contributed by atoms with Crippen molar-refractivity contribution in [2.24, 2.45) is 0 Å². The Labute approximate surface area is 234 Å². The SMILES string of the molecule is COC(=O)N(C)C(Cc1ccccc1)C(=O)N(C)C(Cc1ccc([N+](=O)[O-])cc1)c1csc(-c2cccs2)n1. The molecule has 0 aliphatic heterocycles. The molecule has 4 aromatic rings. The first-order valence-electron chi connectivity index (χ1n) is 12.1. The first-order valence-corrected chi connectivity index (χ1v) is 13.9. The van der Waals surface area contributed by atoms with Crippen LogP contribution in [0.5, 0.6) is 0 Å². The number of aromatic nitrogens is 1. The van der Waals surface area contributed by atoms with Gasteiger partial charge in [0.25, 0.3) is 5.69 Å². The van der Waals surface area contributed by atoms with E-state index in [-0.39, 0.29) is 11.6 Å². The summed E-state index contributed by atoms with van der Waals surface area (Å²) in [5.74, 6) is -0.274. The van der Waals surface area contributed by atoms with Crippen molar-refractivity contribution in [3.63, 3.8) is 0 Å². The topological polar surface area (TPSA) is 106 Å². The van der Waals surface area contributed by atoms with Gasteiger partial charge in [-0.1, -0.05) is 48.5 Å². The van der Waals surface area contributed by atoms with Crippen molar-refractivity contribution in [1.29, 1.82) is 0 Å². The molecule has 0 fully saturated rings. The van der Waals surface area contributed by atoms with Crippen LogP contribution in [0.1, 0.15) is 22.9 Å². The average Bonchev–Trinajstić information content (AvgIpc) is 3.67. The van der Waals surface area contributed by atoms with E-state index in [0.717, 1.165) is 21.0 Å². The Balaban J connectivity index is 1.68. The Morgan fingerprint density at radius 1 is 0.949 bits per heavy atom. The fraction of sp³-hybridized carbons (Fsp3) is 0.250. The minimum absolute atomic E-state index is 0.00370. The zero-order valence-electron chi connectivity index (χ0n) is 21.7. The lowest BCUT2D eigenvalue weighted by Crippen LogP contribution is -2.50. The number of ether oxygens (including phenoxy) is 1. The minimum Gasteiger partial charge on any atom is -0.453 e. The van der Waals surface area contributed by atoms with Crippen LogP contribution in [0.2, 0.25) is 0 Å². The second kappa shape index (κ2) is 12.6. The molecule has 2 atom stereocenters. The van der Waals surface area contributed by atoms with Crippen LogP contribution < -0.4 is 0 Å². The molecule has 0 spiro atoms. The summed E-state index contributed by atoms with van der Waals surface area (Å²) in [6.07, 6.45) is 0.0730. The molecule has 9 nitrogen and oxygen atoms in total. The lowest BCUT2D eigenvalue weighted by Gasteiger charge is -2.34. The largest absolute Gasteiger partial charge is 0.453 e. The molecule has 0 saturated carbocycles. The Hall–Kier alpha value is -4.09. The number of nitro benzene ring substituents is 1. The molecule has 4 rings (SSSR count). The number of methoxy groups -OCH3 is 1. The van der Waals surface area contributed by atoms with Gasteiger partial charge in [0.1, 0.15) is 11.0 Å². The van der Waals surface area contributed by atoms with Gasteiger partial charge in [0.2, 0.25) is 5.91 Å². The van der Waals surface area contributed by atoms with Crippen LogP contribution in [0.25, 0.3) is 9.88 Å². The highest BCUT2D eigenvalue weighted by Crippen LogP contribution is 2.33. The molecule has 2 aromatic carbocycles. The van der Waals surface area contributed by atoms with Gasteiger partial charge in [0, 0.05) is 38.0 Å². The number of carbonyl (C=O) groups excluding carboxylic acids is 2. The average molecular weight is 565 g/mol. The van der Waals surface area contributed by atoms with Crippen molar-refractivity contribution >= 4 is 40.4 Å². The lowest BCUT2D eigenvalue weighted by atomic mass is 9.99. The molecule has 2 aromatic heterocycles. The van der Waals surface area contributed by atoms with Crippen molar-refractivity contribution < 1.29 is 19.2 Å². The van der Waals surface area contributed by atoms with Crippen LogP contribution >= 0.6 is 22.7 Å². The molecule has 0 aliphatic carbocycles. The van der Waals surface area contributed by atoms with Crippen LogP contribution in [0, 0.1) is 10.1 Å². The number of thiazole rings is 1. The van der Waals surface area contributed by atoms with Gasteiger partial charge in [-0.2, -0.15) is 0 Å². The predicted molar refractivity (Wildman–Crippen MR) is 152 cm³/mol. The van der Waals surface area contributed by atoms with Crippen molar-refractivity contribution in [1.82, 2.24) is 14.8 Å². The highest BCUT2D eigenvalue weighted by atomic mass is 32.1. The Kier molecular flexibility index (Phi) is 9.05. The zero-order valence-corrected chi connectivity index (χ0v) is 23.4. The standard InChI is InChI=1S/C28H28N4O5S2/c1-30(27(33)24(31(2)28(34)37-3)17-19-8-5-4-6-9-19)23(16-20-11-13-21(14-12-20)32(35)36)22-18-39-26(29-22)25-10-7-15-38-25/h4-15,18,23-24H,16-17H2,1-3H3. The van der Waals surface area contributed by atoms with Crippen LogP contribution in [-0.2, 0) is 22.4 Å². The molecule has 0 aliphatic rings. The van der Waals surface area contributed by atoms with Crippen LogP contribution in [0.15, 0.2) is 77.5 Å². The summed E-state index contributed by atoms with van der Waals surface area (Å²) in [7, 11) is 4.53. The van der Waals surface area contributed by atoms with Gasteiger partial charge in [-0.05, 0) is 29.0 Å². The van der Waals surface area contributed by atoms with E-state index in [1.165, 1.54) is 35.5 Å². The smallest absolute Gasteiger partial charge is 0.409 e. The number of nitro groups is 1. The third-order valence-electron chi connectivity index (χ3n) is 6.47. The Morgan fingerprint density at radius 3 is 2.26 bits per heavy atom. The molecule has 2 amide bonds. The molecule has 2 heterocycles. The molecule has 2 unspecified atom stereocenters. The normalized spacial score (nSPS) is 12.4. The maximum atomic E-state index is 14.1. The summed E-state index contributed by atoms with van der Waals surface area (Å²) < 4.78 is 4.93. The summed E-state index contributed by atoms with van der Waals surface area (Å²) in [4.78, 5) is 46.1. The monoisotopic (exact) mass is 564 g/mol. The van der Waals surface area contributed by atoms with Gasteiger partial charge < -0.3 is 9.64 Å². The molecule has 0 N–H and O–H groups in total. The van der Waals surface area contributed by atoms with Crippen LogP contribution in [0.3, 0.4) is 0 Å². The summed E-state index contributed by atoms with van der Waals surface area (Å²) in [5.41, 5.74) is 2.42. The van der Waals surface area contributed by atoms with E-state index in [2.05, 4.69) is 0 Å². The third-order valence-corrected chi connectivity index (χ3v) is 8.37. The summed E-state index contributed by atoms with van der Waals surface area (Å²) in [6.45, 7) is 0. The number of thiophene rings is 1. The van der Waals surface area contributed by atoms with Gasteiger partial charge in [-0.25, -0.2) is 9.78 Å². The second-order valence-electron chi connectivity index (χ2n) is 8.93. The van der Waals surface area contributed by atoms with Gasteiger partial charge in [0.15, 0.2) is 0 Å². The highest BCUT2D eigenvalue weighted by Gasteiger charge is 2.34. The first kappa shape index (κ1) is 27.9.